The van der Waals surface area contributed by atoms with Crippen LogP contribution in [0.15, 0.2) is 35.5 Å². The molecule has 2 aliphatic rings. The molecule has 0 fully saturated rings. The lowest BCUT2D eigenvalue weighted by Crippen LogP contribution is -2.12. The Hall–Kier alpha value is -0.780. The van der Waals surface area contributed by atoms with Crippen molar-refractivity contribution in [3.63, 3.8) is 0 Å². The maximum atomic E-state index is 4.07. The lowest BCUT2D eigenvalue weighted by molar-refractivity contribution is 0.746. The van der Waals surface area contributed by atoms with E-state index in [1.54, 1.807) is 0 Å². The van der Waals surface area contributed by atoms with Crippen molar-refractivity contribution < 1.29 is 0 Å². The highest BCUT2D eigenvalue weighted by atomic mass is 14.3. The summed E-state index contributed by atoms with van der Waals surface area (Å²) in [6.07, 6.45) is 7.05. The highest BCUT2D eigenvalue weighted by Crippen LogP contribution is 2.40. The molecule has 0 heterocycles. The Kier molecular flexibility index (Phi) is 1.10. The van der Waals surface area contributed by atoms with E-state index in [0.717, 1.165) is 0 Å². The molecular formula is C10H12. The fourth-order valence-corrected chi connectivity index (χ4v) is 1.60. The molecule has 10 heavy (non-hydrogen) atoms. The number of hydrogen-bond donors (Lipinski definition) is 0. The average Bonchev–Trinajstić information content (AvgIpc) is 1.82. The first kappa shape index (κ1) is 5.96. The lowest BCUT2D eigenvalue weighted by atomic mass is 9.76. The summed E-state index contributed by atoms with van der Waals surface area (Å²) in [5.41, 5.74) is 4.42. The summed E-state index contributed by atoms with van der Waals surface area (Å²) in [5, 5.41) is 0. The fraction of sp³-hybridized carbons (Fsp3) is 0.400. The van der Waals surface area contributed by atoms with Crippen LogP contribution in [0.25, 0.3) is 0 Å². The van der Waals surface area contributed by atoms with E-state index in [9.17, 15) is 0 Å². The van der Waals surface area contributed by atoms with Gasteiger partial charge in [-0.05, 0) is 35.5 Å². The van der Waals surface area contributed by atoms with E-state index < -0.39 is 0 Å². The van der Waals surface area contributed by atoms with Crippen LogP contribution < -0.4 is 0 Å². The molecule has 0 bridgehead atoms. The molecule has 0 aromatic rings. The average molecular weight is 132 g/mol. The second kappa shape index (κ2) is 1.85. The van der Waals surface area contributed by atoms with Gasteiger partial charge in [-0.2, -0.15) is 0 Å². The summed E-state index contributed by atoms with van der Waals surface area (Å²) in [5.74, 6) is 0.582. The van der Waals surface area contributed by atoms with E-state index in [4.69, 9.17) is 0 Å². The Morgan fingerprint density at radius 2 is 2.30 bits per heavy atom. The van der Waals surface area contributed by atoms with Gasteiger partial charge in [0.15, 0.2) is 0 Å². The van der Waals surface area contributed by atoms with Gasteiger partial charge in [0.1, 0.15) is 0 Å². The molecule has 2 aliphatic carbocycles. The zero-order valence-corrected chi connectivity index (χ0v) is 6.35. The van der Waals surface area contributed by atoms with Gasteiger partial charge in [0.25, 0.3) is 0 Å². The van der Waals surface area contributed by atoms with Crippen LogP contribution in [0.3, 0.4) is 0 Å². The summed E-state index contributed by atoms with van der Waals surface area (Å²) >= 11 is 0. The normalized spacial score (nSPS) is 30.1. The first-order valence-electron chi connectivity index (χ1n) is 3.88. The Balaban J connectivity index is 2.39. The third-order valence-electron chi connectivity index (χ3n) is 2.56. The van der Waals surface area contributed by atoms with Crippen LogP contribution in [0.2, 0.25) is 0 Å². The van der Waals surface area contributed by atoms with E-state index >= 15 is 0 Å². The molecule has 0 amide bonds. The Morgan fingerprint density at radius 1 is 1.50 bits per heavy atom. The quantitative estimate of drug-likeness (QED) is 0.475. The van der Waals surface area contributed by atoms with Crippen LogP contribution in [0.1, 0.15) is 19.8 Å². The van der Waals surface area contributed by atoms with Gasteiger partial charge in [0, 0.05) is 0 Å². The molecule has 0 heteroatoms. The SMILES string of the molecule is C=C1C2=C(C=CC1C)CC2. The first-order valence-corrected chi connectivity index (χ1v) is 3.88. The predicted octanol–water partition coefficient (Wildman–Crippen LogP) is 2.84. The van der Waals surface area contributed by atoms with Crippen LogP contribution in [0.4, 0.5) is 0 Å². The van der Waals surface area contributed by atoms with Crippen molar-refractivity contribution in [3.8, 4) is 0 Å². The molecule has 0 aromatic heterocycles. The minimum Gasteiger partial charge on any atom is -0.0950 e. The van der Waals surface area contributed by atoms with E-state index in [0.29, 0.717) is 5.92 Å². The summed E-state index contributed by atoms with van der Waals surface area (Å²) in [4.78, 5) is 0. The van der Waals surface area contributed by atoms with Crippen molar-refractivity contribution in [2.75, 3.05) is 0 Å². The molecule has 2 rings (SSSR count). The third-order valence-corrected chi connectivity index (χ3v) is 2.56. The van der Waals surface area contributed by atoms with Crippen LogP contribution in [0.5, 0.6) is 0 Å². The van der Waals surface area contributed by atoms with Crippen molar-refractivity contribution >= 4 is 0 Å². The van der Waals surface area contributed by atoms with Crippen molar-refractivity contribution in [1.82, 2.24) is 0 Å². The standard InChI is InChI=1S/C10H12/c1-7-3-4-9-5-6-10(9)8(7)2/h3-4,7H,2,5-6H2,1H3. The minimum atomic E-state index is 0.582. The molecule has 1 unspecified atom stereocenters. The molecular weight excluding hydrogens is 120 g/mol. The molecule has 0 saturated carbocycles. The van der Waals surface area contributed by atoms with Crippen molar-refractivity contribution in [2.24, 2.45) is 5.92 Å². The van der Waals surface area contributed by atoms with Gasteiger partial charge in [0.05, 0.1) is 0 Å². The second-order valence-electron chi connectivity index (χ2n) is 3.18. The molecule has 0 radical (unpaired) electrons. The van der Waals surface area contributed by atoms with E-state index in [-0.39, 0.29) is 0 Å². The fourth-order valence-electron chi connectivity index (χ4n) is 1.60. The molecule has 52 valence electrons. The molecule has 0 N–H and O–H groups in total. The topological polar surface area (TPSA) is 0 Å². The maximum absolute atomic E-state index is 4.07. The summed E-state index contributed by atoms with van der Waals surface area (Å²) < 4.78 is 0. The summed E-state index contributed by atoms with van der Waals surface area (Å²) in [6, 6.07) is 0. The van der Waals surface area contributed by atoms with Gasteiger partial charge in [-0.1, -0.05) is 25.7 Å². The summed E-state index contributed by atoms with van der Waals surface area (Å²) in [6.45, 7) is 6.28. The highest BCUT2D eigenvalue weighted by molar-refractivity contribution is 5.50. The second-order valence-corrected chi connectivity index (χ2v) is 3.18. The smallest absolute Gasteiger partial charge is 0.00103 e. The number of allylic oxidation sites excluding steroid dienone is 5. The maximum Gasteiger partial charge on any atom is -0.00103 e. The Labute approximate surface area is 61.9 Å². The zero-order valence-electron chi connectivity index (χ0n) is 6.35. The van der Waals surface area contributed by atoms with Crippen molar-refractivity contribution in [1.29, 1.82) is 0 Å². The molecule has 0 nitrogen and oxygen atoms in total. The largest absolute Gasteiger partial charge is 0.0950 e. The number of hydrogen-bond acceptors (Lipinski definition) is 0. The van der Waals surface area contributed by atoms with Gasteiger partial charge >= 0.3 is 0 Å². The van der Waals surface area contributed by atoms with E-state index in [2.05, 4.69) is 25.7 Å². The Bertz CT molecular complexity index is 241. The van der Waals surface area contributed by atoms with Crippen molar-refractivity contribution in [2.45, 2.75) is 19.8 Å². The monoisotopic (exact) mass is 132 g/mol. The van der Waals surface area contributed by atoms with Gasteiger partial charge < -0.3 is 0 Å². The van der Waals surface area contributed by atoms with Gasteiger partial charge in [-0.15, -0.1) is 0 Å². The summed E-state index contributed by atoms with van der Waals surface area (Å²) in [7, 11) is 0. The van der Waals surface area contributed by atoms with Gasteiger partial charge in [-0.25, -0.2) is 0 Å². The molecule has 0 aromatic carbocycles. The molecule has 1 atom stereocenters. The highest BCUT2D eigenvalue weighted by Gasteiger charge is 2.22. The molecule has 0 aliphatic heterocycles. The van der Waals surface area contributed by atoms with E-state index in [1.807, 2.05) is 0 Å². The van der Waals surface area contributed by atoms with E-state index in [1.165, 1.54) is 29.6 Å². The third kappa shape index (κ3) is 0.620. The van der Waals surface area contributed by atoms with Crippen LogP contribution in [-0.4, -0.2) is 0 Å². The Morgan fingerprint density at radius 3 is 2.80 bits per heavy atom. The van der Waals surface area contributed by atoms with Crippen LogP contribution in [0, 0.1) is 5.92 Å². The lowest BCUT2D eigenvalue weighted by Gasteiger charge is -2.29. The molecule has 0 spiro atoms. The van der Waals surface area contributed by atoms with Crippen LogP contribution >= 0.6 is 0 Å². The van der Waals surface area contributed by atoms with Crippen molar-refractivity contribution in [3.05, 3.63) is 35.5 Å². The first-order chi connectivity index (χ1) is 4.79. The minimum absolute atomic E-state index is 0.582. The molecule has 0 saturated heterocycles. The number of rotatable bonds is 0. The predicted molar refractivity (Wildman–Crippen MR) is 43.7 cm³/mol. The van der Waals surface area contributed by atoms with Gasteiger partial charge in [0.2, 0.25) is 0 Å². The van der Waals surface area contributed by atoms with Gasteiger partial charge in [-0.3, -0.25) is 0 Å². The zero-order chi connectivity index (χ0) is 7.14. The van der Waals surface area contributed by atoms with Crippen LogP contribution in [-0.2, 0) is 0 Å².